The molecule has 92 valence electrons. The molecular formula is C14H21N3. The number of nitrogens with zero attached hydrogens (tertiary/aromatic N) is 1. The lowest BCUT2D eigenvalue weighted by Crippen LogP contribution is -2.50. The lowest BCUT2D eigenvalue weighted by Gasteiger charge is -2.58. The van der Waals surface area contributed by atoms with E-state index in [1.165, 1.54) is 44.1 Å². The molecule has 1 aromatic heterocycles. The summed E-state index contributed by atoms with van der Waals surface area (Å²) in [6.45, 7) is 0. The van der Waals surface area contributed by atoms with Gasteiger partial charge in [0.1, 0.15) is 0 Å². The fourth-order valence-corrected chi connectivity index (χ4v) is 5.34. The summed E-state index contributed by atoms with van der Waals surface area (Å²) in [5, 5.41) is 6.98. The number of aromatic nitrogens is 2. The zero-order chi connectivity index (χ0) is 11.5. The molecule has 3 nitrogen and oxygen atoms in total. The van der Waals surface area contributed by atoms with Crippen LogP contribution in [0, 0.1) is 23.2 Å². The molecule has 5 rings (SSSR count). The Hall–Kier alpha value is -0.830. The molecular weight excluding hydrogens is 210 g/mol. The maximum Gasteiger partial charge on any atom is 0.0535 e. The first kappa shape index (κ1) is 10.1. The van der Waals surface area contributed by atoms with Crippen LogP contribution in [0.15, 0.2) is 12.4 Å². The van der Waals surface area contributed by atoms with Crippen LogP contribution in [-0.4, -0.2) is 10.2 Å². The van der Waals surface area contributed by atoms with Crippen LogP contribution in [0.1, 0.15) is 50.1 Å². The molecule has 0 saturated heterocycles. The van der Waals surface area contributed by atoms with Gasteiger partial charge in [-0.15, -0.1) is 0 Å². The van der Waals surface area contributed by atoms with Crippen molar-refractivity contribution in [1.29, 1.82) is 0 Å². The second kappa shape index (κ2) is 3.35. The molecule has 17 heavy (non-hydrogen) atoms. The van der Waals surface area contributed by atoms with Crippen LogP contribution in [0.5, 0.6) is 0 Å². The van der Waals surface area contributed by atoms with Gasteiger partial charge < -0.3 is 5.73 Å². The topological polar surface area (TPSA) is 54.7 Å². The maximum absolute atomic E-state index is 6.58. The molecule has 1 aromatic rings. The Morgan fingerprint density at radius 2 is 1.76 bits per heavy atom. The monoisotopic (exact) mass is 231 g/mol. The predicted molar refractivity (Wildman–Crippen MR) is 66.1 cm³/mol. The van der Waals surface area contributed by atoms with E-state index >= 15 is 0 Å². The third kappa shape index (κ3) is 1.41. The van der Waals surface area contributed by atoms with Gasteiger partial charge in [0.2, 0.25) is 0 Å². The van der Waals surface area contributed by atoms with Gasteiger partial charge in [0, 0.05) is 17.8 Å². The summed E-state index contributed by atoms with van der Waals surface area (Å²) in [5.41, 5.74) is 8.19. The van der Waals surface area contributed by atoms with Crippen LogP contribution in [0.4, 0.5) is 0 Å². The van der Waals surface area contributed by atoms with Gasteiger partial charge in [-0.05, 0) is 61.7 Å². The average Bonchev–Trinajstić information content (AvgIpc) is 2.79. The van der Waals surface area contributed by atoms with E-state index in [1.807, 2.05) is 12.4 Å². The Morgan fingerprint density at radius 1 is 1.18 bits per heavy atom. The number of nitrogens with one attached hydrogen (secondary N) is 1. The van der Waals surface area contributed by atoms with Gasteiger partial charge in [0.05, 0.1) is 6.20 Å². The van der Waals surface area contributed by atoms with E-state index < -0.39 is 0 Å². The molecule has 0 aliphatic heterocycles. The standard InChI is InChI=1S/C14H21N3/c15-13(12-7-16-17-8-12)14-4-9-1-10(5-14)3-11(2-9)6-14/h7-11,13H,1-6,15H2,(H,16,17). The fraction of sp³-hybridized carbons (Fsp3) is 0.786. The van der Waals surface area contributed by atoms with Crippen LogP contribution in [0.2, 0.25) is 0 Å². The van der Waals surface area contributed by atoms with Crippen molar-refractivity contribution >= 4 is 0 Å². The van der Waals surface area contributed by atoms with Gasteiger partial charge in [0.15, 0.2) is 0 Å². The van der Waals surface area contributed by atoms with E-state index in [4.69, 9.17) is 5.73 Å². The van der Waals surface area contributed by atoms with Crippen LogP contribution in [0.3, 0.4) is 0 Å². The summed E-state index contributed by atoms with van der Waals surface area (Å²) >= 11 is 0. The third-order valence-electron chi connectivity index (χ3n) is 5.62. The molecule has 0 amide bonds. The Balaban J connectivity index is 1.68. The van der Waals surface area contributed by atoms with Crippen molar-refractivity contribution in [2.45, 2.75) is 44.6 Å². The number of nitrogens with two attached hydrogens (primary N) is 1. The second-order valence-corrected chi connectivity index (χ2v) is 6.79. The number of hydrogen-bond acceptors (Lipinski definition) is 2. The zero-order valence-corrected chi connectivity index (χ0v) is 10.2. The first-order valence-electron chi connectivity index (χ1n) is 6.99. The third-order valence-corrected chi connectivity index (χ3v) is 5.62. The number of H-pyrrole nitrogens is 1. The Labute approximate surface area is 102 Å². The minimum absolute atomic E-state index is 0.203. The van der Waals surface area contributed by atoms with Gasteiger partial charge >= 0.3 is 0 Å². The highest BCUT2D eigenvalue weighted by atomic mass is 15.1. The van der Waals surface area contributed by atoms with E-state index in [0.29, 0.717) is 5.41 Å². The molecule has 3 N–H and O–H groups in total. The Bertz CT molecular complexity index is 374. The average molecular weight is 231 g/mol. The predicted octanol–water partition coefficient (Wildman–Crippen LogP) is 2.63. The van der Waals surface area contributed by atoms with E-state index in [-0.39, 0.29) is 6.04 Å². The molecule has 4 aliphatic rings. The molecule has 1 unspecified atom stereocenters. The SMILES string of the molecule is NC(c1cn[nH]c1)C12CC3CC(CC(C3)C1)C2. The first-order valence-corrected chi connectivity index (χ1v) is 6.99. The lowest BCUT2D eigenvalue weighted by molar-refractivity contribution is -0.0677. The van der Waals surface area contributed by atoms with Crippen LogP contribution >= 0.6 is 0 Å². The summed E-state index contributed by atoms with van der Waals surface area (Å²) < 4.78 is 0. The van der Waals surface area contributed by atoms with Gasteiger partial charge in [-0.3, -0.25) is 5.10 Å². The molecule has 1 atom stereocenters. The van der Waals surface area contributed by atoms with Crippen molar-refractivity contribution in [2.75, 3.05) is 0 Å². The summed E-state index contributed by atoms with van der Waals surface area (Å²) in [7, 11) is 0. The van der Waals surface area contributed by atoms with E-state index in [2.05, 4.69) is 10.2 Å². The van der Waals surface area contributed by atoms with E-state index in [0.717, 1.165) is 17.8 Å². The molecule has 0 radical (unpaired) electrons. The van der Waals surface area contributed by atoms with Gasteiger partial charge in [0.25, 0.3) is 0 Å². The molecule has 4 bridgehead atoms. The van der Waals surface area contributed by atoms with Gasteiger partial charge in [-0.2, -0.15) is 5.10 Å². The van der Waals surface area contributed by atoms with E-state index in [1.54, 1.807) is 0 Å². The summed E-state index contributed by atoms with van der Waals surface area (Å²) in [6, 6.07) is 0.203. The second-order valence-electron chi connectivity index (χ2n) is 6.79. The van der Waals surface area contributed by atoms with Crippen molar-refractivity contribution in [2.24, 2.45) is 28.9 Å². The number of aromatic amines is 1. The lowest BCUT2D eigenvalue weighted by atomic mass is 9.47. The van der Waals surface area contributed by atoms with Crippen molar-refractivity contribution in [3.05, 3.63) is 18.0 Å². The van der Waals surface area contributed by atoms with Crippen molar-refractivity contribution in [1.82, 2.24) is 10.2 Å². The molecule has 4 saturated carbocycles. The highest BCUT2D eigenvalue weighted by Gasteiger charge is 2.53. The molecule has 0 spiro atoms. The Morgan fingerprint density at radius 3 is 2.24 bits per heavy atom. The smallest absolute Gasteiger partial charge is 0.0535 e. The molecule has 4 aliphatic carbocycles. The quantitative estimate of drug-likeness (QED) is 0.822. The minimum Gasteiger partial charge on any atom is -0.323 e. The molecule has 0 aromatic carbocycles. The summed E-state index contributed by atoms with van der Waals surface area (Å²) in [5.74, 6) is 2.91. The van der Waals surface area contributed by atoms with Gasteiger partial charge in [-0.1, -0.05) is 0 Å². The zero-order valence-electron chi connectivity index (χ0n) is 10.2. The largest absolute Gasteiger partial charge is 0.323 e. The molecule has 4 fully saturated rings. The van der Waals surface area contributed by atoms with Crippen molar-refractivity contribution in [3.63, 3.8) is 0 Å². The van der Waals surface area contributed by atoms with Crippen molar-refractivity contribution in [3.8, 4) is 0 Å². The summed E-state index contributed by atoms with van der Waals surface area (Å²) in [4.78, 5) is 0. The van der Waals surface area contributed by atoms with E-state index in [9.17, 15) is 0 Å². The highest BCUT2D eigenvalue weighted by Crippen LogP contribution is 2.63. The minimum atomic E-state index is 0.203. The van der Waals surface area contributed by atoms with Crippen LogP contribution < -0.4 is 5.73 Å². The van der Waals surface area contributed by atoms with Crippen LogP contribution in [-0.2, 0) is 0 Å². The maximum atomic E-state index is 6.58. The van der Waals surface area contributed by atoms with Gasteiger partial charge in [-0.25, -0.2) is 0 Å². The normalized spacial score (nSPS) is 45.1. The first-order chi connectivity index (χ1) is 8.25. The highest BCUT2D eigenvalue weighted by molar-refractivity contribution is 5.17. The number of hydrogen-bond donors (Lipinski definition) is 2. The summed E-state index contributed by atoms with van der Waals surface area (Å²) in [6.07, 6.45) is 12.5. The Kier molecular flexibility index (Phi) is 1.99. The molecule has 1 heterocycles. The van der Waals surface area contributed by atoms with Crippen LogP contribution in [0.25, 0.3) is 0 Å². The van der Waals surface area contributed by atoms with Crippen molar-refractivity contribution < 1.29 is 0 Å². The number of rotatable bonds is 2. The molecule has 3 heteroatoms. The fourth-order valence-electron chi connectivity index (χ4n) is 5.34.